The highest BCUT2D eigenvalue weighted by Crippen LogP contribution is 2.77. The Morgan fingerprint density at radius 1 is 1.38 bits per heavy atom. The molecule has 16 heavy (non-hydrogen) atoms. The van der Waals surface area contributed by atoms with E-state index < -0.39 is 0 Å². The molecule has 2 fully saturated rings. The van der Waals surface area contributed by atoms with Gasteiger partial charge >= 0.3 is 0 Å². The summed E-state index contributed by atoms with van der Waals surface area (Å²) in [6.45, 7) is 9.65. The summed E-state index contributed by atoms with van der Waals surface area (Å²) in [5.74, 6) is 5.05. The molecule has 0 spiro atoms. The first-order valence-corrected chi connectivity index (χ1v) is 7.26. The van der Waals surface area contributed by atoms with Gasteiger partial charge in [-0.15, -0.1) is 0 Å². The molecule has 5 unspecified atom stereocenters. The molecule has 3 aliphatic rings. The van der Waals surface area contributed by atoms with Crippen LogP contribution in [0.25, 0.3) is 0 Å². The van der Waals surface area contributed by atoms with Gasteiger partial charge in [-0.2, -0.15) is 0 Å². The first kappa shape index (κ1) is 10.9. The molecule has 0 N–H and O–H groups in total. The van der Waals surface area contributed by atoms with Gasteiger partial charge < -0.3 is 0 Å². The highest BCUT2D eigenvalue weighted by Gasteiger charge is 2.70. The number of hydrogen-bond acceptors (Lipinski definition) is 0. The Kier molecular flexibility index (Phi) is 2.29. The molecule has 3 rings (SSSR count). The number of rotatable bonds is 4. The van der Waals surface area contributed by atoms with Crippen molar-refractivity contribution in [2.24, 2.45) is 35.0 Å². The van der Waals surface area contributed by atoms with Gasteiger partial charge in [0.25, 0.3) is 0 Å². The highest BCUT2D eigenvalue weighted by molar-refractivity contribution is 5.25. The number of fused-ring (bicyclic) bond motifs is 1. The van der Waals surface area contributed by atoms with Crippen LogP contribution in [0, 0.1) is 35.0 Å². The minimum absolute atomic E-state index is 0.815. The van der Waals surface area contributed by atoms with E-state index in [2.05, 4.69) is 33.8 Å². The maximum atomic E-state index is 2.46. The first-order chi connectivity index (χ1) is 7.60. The predicted molar refractivity (Wildman–Crippen MR) is 69.1 cm³/mol. The molecule has 3 aliphatic carbocycles. The highest BCUT2D eigenvalue weighted by atomic mass is 14.7. The lowest BCUT2D eigenvalue weighted by atomic mass is 9.57. The molecule has 0 nitrogen and oxygen atoms in total. The quantitative estimate of drug-likeness (QED) is 0.602. The molecule has 0 bridgehead atoms. The molecule has 0 heteroatoms. The molecular weight excluding hydrogens is 192 g/mol. The van der Waals surface area contributed by atoms with Crippen molar-refractivity contribution in [3.05, 3.63) is 11.6 Å². The Labute approximate surface area is 101 Å². The average molecular weight is 218 g/mol. The second-order valence-electron chi connectivity index (χ2n) is 6.98. The van der Waals surface area contributed by atoms with Crippen LogP contribution in [0.3, 0.4) is 0 Å². The van der Waals surface area contributed by atoms with Crippen LogP contribution in [0.4, 0.5) is 0 Å². The third-order valence-corrected chi connectivity index (χ3v) is 6.01. The maximum Gasteiger partial charge on any atom is -0.0135 e. The zero-order valence-electron chi connectivity index (χ0n) is 11.3. The Balaban J connectivity index is 1.75. The number of allylic oxidation sites excluding steroid dienone is 2. The molecular formula is C16H26. The van der Waals surface area contributed by atoms with Crippen molar-refractivity contribution in [3.8, 4) is 0 Å². The fourth-order valence-corrected chi connectivity index (χ4v) is 5.09. The molecule has 5 atom stereocenters. The van der Waals surface area contributed by atoms with E-state index in [9.17, 15) is 0 Å². The molecule has 0 aliphatic heterocycles. The van der Waals surface area contributed by atoms with Crippen LogP contribution >= 0.6 is 0 Å². The molecule has 0 saturated heterocycles. The smallest absolute Gasteiger partial charge is 0.0135 e. The fraction of sp³-hybridized carbons (Fsp3) is 0.875. The van der Waals surface area contributed by atoms with E-state index in [1.165, 1.54) is 12.8 Å². The summed E-state index contributed by atoms with van der Waals surface area (Å²) in [7, 11) is 0. The molecule has 0 radical (unpaired) electrons. The standard InChI is InChI=1S/C16H26/c1-5-12-8-16(9-14(12)16)15(10(2)3)13-7-6-11(13)4/h6,10,12-15H,5,7-9H2,1-4H3. The zero-order chi connectivity index (χ0) is 11.5. The van der Waals surface area contributed by atoms with Gasteiger partial charge in [-0.25, -0.2) is 0 Å². The van der Waals surface area contributed by atoms with Crippen LogP contribution in [0.1, 0.15) is 53.4 Å². The predicted octanol–water partition coefficient (Wildman–Crippen LogP) is 4.66. The van der Waals surface area contributed by atoms with E-state index in [0.29, 0.717) is 0 Å². The van der Waals surface area contributed by atoms with Crippen LogP contribution < -0.4 is 0 Å². The van der Waals surface area contributed by atoms with Gasteiger partial charge in [0.2, 0.25) is 0 Å². The van der Waals surface area contributed by atoms with E-state index in [4.69, 9.17) is 0 Å². The minimum Gasteiger partial charge on any atom is -0.0847 e. The van der Waals surface area contributed by atoms with E-state index >= 15 is 0 Å². The zero-order valence-corrected chi connectivity index (χ0v) is 11.3. The van der Waals surface area contributed by atoms with Crippen molar-refractivity contribution < 1.29 is 0 Å². The molecule has 0 aromatic rings. The summed E-state index contributed by atoms with van der Waals surface area (Å²) in [5, 5.41) is 0. The van der Waals surface area contributed by atoms with E-state index in [0.717, 1.165) is 35.0 Å². The van der Waals surface area contributed by atoms with Gasteiger partial charge in [-0.3, -0.25) is 0 Å². The third kappa shape index (κ3) is 1.22. The second kappa shape index (κ2) is 3.37. The monoisotopic (exact) mass is 218 g/mol. The van der Waals surface area contributed by atoms with Crippen LogP contribution in [0.15, 0.2) is 11.6 Å². The lowest BCUT2D eigenvalue weighted by Crippen LogP contribution is -2.41. The topological polar surface area (TPSA) is 0 Å². The van der Waals surface area contributed by atoms with E-state index in [1.54, 1.807) is 18.4 Å². The average Bonchev–Trinajstić information content (AvgIpc) is 2.80. The van der Waals surface area contributed by atoms with Crippen molar-refractivity contribution in [3.63, 3.8) is 0 Å². The lowest BCUT2D eigenvalue weighted by Gasteiger charge is -2.48. The molecule has 2 saturated carbocycles. The fourth-order valence-electron chi connectivity index (χ4n) is 5.09. The van der Waals surface area contributed by atoms with E-state index in [1.807, 2.05) is 0 Å². The summed E-state index contributed by atoms with van der Waals surface area (Å²) < 4.78 is 0. The second-order valence-corrected chi connectivity index (χ2v) is 6.98. The van der Waals surface area contributed by atoms with Crippen molar-refractivity contribution in [2.75, 3.05) is 0 Å². The molecule has 0 amide bonds. The van der Waals surface area contributed by atoms with Crippen LogP contribution in [0.2, 0.25) is 0 Å². The molecule has 0 aromatic heterocycles. The number of hydrogen-bond donors (Lipinski definition) is 0. The van der Waals surface area contributed by atoms with Crippen molar-refractivity contribution in [1.82, 2.24) is 0 Å². The largest absolute Gasteiger partial charge is 0.0847 e. The SMILES string of the molecule is CCC1CC2(C(C(C)C)C3CC=C3C)CC12. The first-order valence-electron chi connectivity index (χ1n) is 7.26. The van der Waals surface area contributed by atoms with Crippen LogP contribution in [-0.2, 0) is 0 Å². The summed E-state index contributed by atoms with van der Waals surface area (Å²) in [5.41, 5.74) is 2.51. The third-order valence-electron chi connectivity index (χ3n) is 6.01. The van der Waals surface area contributed by atoms with E-state index in [-0.39, 0.29) is 0 Å². The Hall–Kier alpha value is -0.260. The van der Waals surface area contributed by atoms with Gasteiger partial charge in [-0.1, -0.05) is 38.8 Å². The summed E-state index contributed by atoms with van der Waals surface area (Å²) in [4.78, 5) is 0. The summed E-state index contributed by atoms with van der Waals surface area (Å²) in [6.07, 6.45) is 8.37. The summed E-state index contributed by atoms with van der Waals surface area (Å²) in [6, 6.07) is 0. The molecule has 0 aromatic carbocycles. The Morgan fingerprint density at radius 2 is 2.12 bits per heavy atom. The van der Waals surface area contributed by atoms with Crippen molar-refractivity contribution in [1.29, 1.82) is 0 Å². The normalized spacial score (nSPS) is 46.6. The molecule has 90 valence electrons. The van der Waals surface area contributed by atoms with Gasteiger partial charge in [0.1, 0.15) is 0 Å². The van der Waals surface area contributed by atoms with Gasteiger partial charge in [0, 0.05) is 0 Å². The van der Waals surface area contributed by atoms with Gasteiger partial charge in [0.15, 0.2) is 0 Å². The van der Waals surface area contributed by atoms with Crippen LogP contribution in [0.5, 0.6) is 0 Å². The lowest BCUT2D eigenvalue weighted by molar-refractivity contribution is 0.0412. The Bertz CT molecular complexity index is 325. The minimum atomic E-state index is 0.815. The van der Waals surface area contributed by atoms with Crippen molar-refractivity contribution in [2.45, 2.75) is 53.4 Å². The summed E-state index contributed by atoms with van der Waals surface area (Å²) >= 11 is 0. The maximum absolute atomic E-state index is 2.46. The van der Waals surface area contributed by atoms with Gasteiger partial charge in [0.05, 0.1) is 0 Å². The van der Waals surface area contributed by atoms with Crippen molar-refractivity contribution >= 4 is 0 Å². The van der Waals surface area contributed by atoms with Gasteiger partial charge in [-0.05, 0) is 61.2 Å². The Morgan fingerprint density at radius 3 is 2.50 bits per heavy atom. The molecule has 0 heterocycles. The van der Waals surface area contributed by atoms with Crippen LogP contribution in [-0.4, -0.2) is 0 Å².